The summed E-state index contributed by atoms with van der Waals surface area (Å²) in [5, 5.41) is 3.27. The lowest BCUT2D eigenvalue weighted by Gasteiger charge is -2.34. The van der Waals surface area contributed by atoms with Gasteiger partial charge in [-0.25, -0.2) is 0 Å². The van der Waals surface area contributed by atoms with Crippen LogP contribution in [0.5, 0.6) is 0 Å². The molecule has 0 bridgehead atoms. The number of thioether (sulfide) groups is 1. The highest BCUT2D eigenvalue weighted by Gasteiger charge is 2.29. The lowest BCUT2D eigenvalue weighted by Crippen LogP contribution is -2.46. The van der Waals surface area contributed by atoms with E-state index >= 15 is 0 Å². The third-order valence-electron chi connectivity index (χ3n) is 3.81. The predicted molar refractivity (Wildman–Crippen MR) is 85.6 cm³/mol. The third-order valence-corrected chi connectivity index (χ3v) is 4.55. The minimum absolute atomic E-state index is 0.0951. The van der Waals surface area contributed by atoms with Gasteiger partial charge in [-0.1, -0.05) is 6.92 Å². The number of hydrogen-bond acceptors (Lipinski definition) is 3. The summed E-state index contributed by atoms with van der Waals surface area (Å²) in [4.78, 5) is 14.7. The van der Waals surface area contributed by atoms with E-state index in [9.17, 15) is 18.0 Å². The van der Waals surface area contributed by atoms with Gasteiger partial charge in [0.05, 0.1) is 0 Å². The summed E-state index contributed by atoms with van der Waals surface area (Å²) >= 11 is -0.165. The van der Waals surface area contributed by atoms with Crippen molar-refractivity contribution in [3.05, 3.63) is 29.8 Å². The zero-order valence-corrected chi connectivity index (χ0v) is 13.8. The molecule has 0 aromatic heterocycles. The van der Waals surface area contributed by atoms with Gasteiger partial charge in [0.15, 0.2) is 0 Å². The van der Waals surface area contributed by atoms with E-state index in [1.54, 1.807) is 0 Å². The van der Waals surface area contributed by atoms with E-state index < -0.39 is 5.51 Å². The van der Waals surface area contributed by atoms with Gasteiger partial charge >= 0.3 is 5.51 Å². The first-order chi connectivity index (χ1) is 10.9. The Hall–Kier alpha value is -1.21. The average molecular weight is 346 g/mol. The van der Waals surface area contributed by atoms with Crippen molar-refractivity contribution in [2.75, 3.05) is 19.6 Å². The van der Waals surface area contributed by atoms with E-state index in [-0.39, 0.29) is 28.6 Å². The Morgan fingerprint density at radius 3 is 2.39 bits per heavy atom. The Morgan fingerprint density at radius 1 is 1.26 bits per heavy atom. The van der Waals surface area contributed by atoms with Crippen molar-refractivity contribution in [2.45, 2.75) is 42.6 Å². The third kappa shape index (κ3) is 5.42. The maximum atomic E-state index is 12.7. The maximum absolute atomic E-state index is 12.7. The molecule has 0 unspecified atom stereocenters. The number of hydrogen-bond donors (Lipinski definition) is 1. The summed E-state index contributed by atoms with van der Waals surface area (Å²) in [5.74, 6) is -0.0951. The van der Waals surface area contributed by atoms with Crippen molar-refractivity contribution in [2.24, 2.45) is 0 Å². The zero-order valence-electron chi connectivity index (χ0n) is 13.0. The van der Waals surface area contributed by atoms with Gasteiger partial charge in [0.2, 0.25) is 0 Å². The summed E-state index contributed by atoms with van der Waals surface area (Å²) in [6.07, 6.45) is 2.68. The molecule has 1 amide bonds. The number of piperidine rings is 1. The summed E-state index contributed by atoms with van der Waals surface area (Å²) < 4.78 is 37.1. The van der Waals surface area contributed by atoms with Gasteiger partial charge in [0, 0.05) is 23.0 Å². The molecule has 0 spiro atoms. The number of halogens is 3. The second-order valence-electron chi connectivity index (χ2n) is 5.55. The molecular weight excluding hydrogens is 325 g/mol. The van der Waals surface area contributed by atoms with Gasteiger partial charge < -0.3 is 10.2 Å². The van der Waals surface area contributed by atoms with E-state index in [0.717, 1.165) is 32.4 Å². The van der Waals surface area contributed by atoms with Gasteiger partial charge in [-0.15, -0.1) is 0 Å². The van der Waals surface area contributed by atoms with Crippen molar-refractivity contribution in [1.29, 1.82) is 0 Å². The van der Waals surface area contributed by atoms with E-state index in [4.69, 9.17) is 0 Å². The molecule has 3 nitrogen and oxygen atoms in total. The van der Waals surface area contributed by atoms with Crippen molar-refractivity contribution in [3.8, 4) is 0 Å². The first-order valence-electron chi connectivity index (χ1n) is 7.78. The van der Waals surface area contributed by atoms with E-state index in [1.165, 1.54) is 24.3 Å². The van der Waals surface area contributed by atoms with Crippen molar-refractivity contribution in [3.63, 3.8) is 0 Å². The minimum Gasteiger partial charge on any atom is -0.336 e. The van der Waals surface area contributed by atoms with Crippen LogP contribution in [0.4, 0.5) is 13.2 Å². The largest absolute Gasteiger partial charge is 0.446 e. The van der Waals surface area contributed by atoms with Crippen LogP contribution in [0.15, 0.2) is 29.2 Å². The molecule has 1 N–H and O–H groups in total. The fraction of sp³-hybridized carbons (Fsp3) is 0.562. The van der Waals surface area contributed by atoms with Crippen LogP contribution in [0, 0.1) is 0 Å². The number of carbonyl (C=O) groups is 1. The van der Waals surface area contributed by atoms with Gasteiger partial charge in [-0.2, -0.15) is 13.2 Å². The molecule has 1 aliphatic heterocycles. The number of amides is 1. The highest BCUT2D eigenvalue weighted by molar-refractivity contribution is 8.00. The van der Waals surface area contributed by atoms with Crippen molar-refractivity contribution < 1.29 is 18.0 Å². The van der Waals surface area contributed by atoms with Crippen LogP contribution in [0.25, 0.3) is 0 Å². The molecule has 1 heterocycles. The number of carbonyl (C=O) groups excluding carboxylic acids is 1. The molecule has 0 aliphatic carbocycles. The molecule has 23 heavy (non-hydrogen) atoms. The molecule has 1 aromatic rings. The number of benzene rings is 1. The SMILES string of the molecule is CCCN(C(=O)c1ccc(SC(F)(F)F)cc1)C1CCNCC1. The number of nitrogens with zero attached hydrogens (tertiary/aromatic N) is 1. The molecule has 1 aliphatic rings. The molecule has 7 heteroatoms. The van der Waals surface area contributed by atoms with Crippen LogP contribution in [0.1, 0.15) is 36.5 Å². The van der Waals surface area contributed by atoms with Gasteiger partial charge in [-0.05, 0) is 68.4 Å². The van der Waals surface area contributed by atoms with Gasteiger partial charge in [0.25, 0.3) is 5.91 Å². The molecule has 1 aromatic carbocycles. The quantitative estimate of drug-likeness (QED) is 0.821. The number of alkyl halides is 3. The standard InChI is InChI=1S/C16H21F3N2OS/c1-2-11-21(13-7-9-20-10-8-13)15(22)12-3-5-14(6-4-12)23-16(17,18)19/h3-6,13,20H,2,7-11H2,1H3. The fourth-order valence-corrected chi connectivity index (χ4v) is 3.31. The van der Waals surface area contributed by atoms with Crippen LogP contribution in [-0.4, -0.2) is 42.0 Å². The second kappa shape index (κ2) is 8.06. The average Bonchev–Trinajstić information content (AvgIpc) is 2.52. The molecular formula is C16H21F3N2OS. The zero-order chi connectivity index (χ0) is 16.9. The van der Waals surface area contributed by atoms with Crippen molar-refractivity contribution in [1.82, 2.24) is 10.2 Å². The first-order valence-corrected chi connectivity index (χ1v) is 8.60. The molecule has 1 saturated heterocycles. The topological polar surface area (TPSA) is 32.3 Å². The molecule has 128 valence electrons. The molecule has 0 saturated carbocycles. The predicted octanol–water partition coefficient (Wildman–Crippen LogP) is 3.90. The summed E-state index contributed by atoms with van der Waals surface area (Å²) in [5.41, 5.74) is -3.86. The van der Waals surface area contributed by atoms with E-state index in [0.29, 0.717) is 12.1 Å². The van der Waals surface area contributed by atoms with Crippen LogP contribution in [-0.2, 0) is 0 Å². The Kier molecular flexibility index (Phi) is 6.35. The number of rotatable bonds is 5. The smallest absolute Gasteiger partial charge is 0.336 e. The molecule has 0 radical (unpaired) electrons. The Bertz CT molecular complexity index is 513. The first kappa shape index (κ1) is 18.1. The highest BCUT2D eigenvalue weighted by atomic mass is 32.2. The number of nitrogens with one attached hydrogen (secondary N) is 1. The lowest BCUT2D eigenvalue weighted by atomic mass is 10.0. The molecule has 1 fully saturated rings. The minimum atomic E-state index is -4.31. The summed E-state index contributed by atoms with van der Waals surface area (Å²) in [7, 11) is 0. The monoisotopic (exact) mass is 346 g/mol. The molecule has 2 rings (SSSR count). The normalized spacial score (nSPS) is 16.3. The van der Waals surface area contributed by atoms with Crippen LogP contribution >= 0.6 is 11.8 Å². The highest BCUT2D eigenvalue weighted by Crippen LogP contribution is 2.36. The second-order valence-corrected chi connectivity index (χ2v) is 6.69. The molecule has 0 atom stereocenters. The van der Waals surface area contributed by atoms with Crippen molar-refractivity contribution >= 4 is 17.7 Å². The van der Waals surface area contributed by atoms with E-state index in [2.05, 4.69) is 5.32 Å². The Morgan fingerprint density at radius 2 is 1.87 bits per heavy atom. The summed E-state index contributed by atoms with van der Waals surface area (Å²) in [6, 6.07) is 5.89. The Balaban J connectivity index is 2.09. The van der Waals surface area contributed by atoms with E-state index in [1.807, 2.05) is 11.8 Å². The van der Waals surface area contributed by atoms with Crippen LogP contribution in [0.3, 0.4) is 0 Å². The maximum Gasteiger partial charge on any atom is 0.446 e. The van der Waals surface area contributed by atoms with Gasteiger partial charge in [-0.3, -0.25) is 4.79 Å². The fourth-order valence-electron chi connectivity index (χ4n) is 2.77. The Labute approximate surface area is 138 Å². The lowest BCUT2D eigenvalue weighted by molar-refractivity contribution is -0.0328. The van der Waals surface area contributed by atoms with Crippen LogP contribution < -0.4 is 5.32 Å². The van der Waals surface area contributed by atoms with Crippen LogP contribution in [0.2, 0.25) is 0 Å². The van der Waals surface area contributed by atoms with Gasteiger partial charge in [0.1, 0.15) is 0 Å². The summed E-state index contributed by atoms with van der Waals surface area (Å²) in [6.45, 7) is 4.46.